The Bertz CT molecular complexity index is 510. The molecule has 86 valence electrons. The summed E-state index contributed by atoms with van der Waals surface area (Å²) in [6, 6.07) is 0.337. The van der Waals surface area contributed by atoms with E-state index >= 15 is 0 Å². The minimum Gasteiger partial charge on any atom is -0.390 e. The Morgan fingerprint density at radius 3 is 2.56 bits per heavy atom. The van der Waals surface area contributed by atoms with Crippen molar-refractivity contribution in [2.24, 2.45) is 0 Å². The molecule has 2 N–H and O–H groups in total. The van der Waals surface area contributed by atoms with Crippen molar-refractivity contribution >= 4 is 16.3 Å². The van der Waals surface area contributed by atoms with Gasteiger partial charge in [0.05, 0.1) is 10.6 Å². The van der Waals surface area contributed by atoms with Gasteiger partial charge in [0, 0.05) is 10.9 Å². The number of aromatic nitrogens is 3. The number of anilines is 1. The first kappa shape index (κ1) is 11.1. The first-order valence-corrected chi connectivity index (χ1v) is 6.09. The molecule has 2 aromatic heterocycles. The van der Waals surface area contributed by atoms with Gasteiger partial charge in [0.1, 0.15) is 6.33 Å². The molecule has 5 heteroatoms. The summed E-state index contributed by atoms with van der Waals surface area (Å²) in [6.45, 7) is 8.38. The molecule has 2 rings (SSSR count). The van der Waals surface area contributed by atoms with Crippen molar-refractivity contribution in [2.45, 2.75) is 33.7 Å². The maximum atomic E-state index is 6.04. The van der Waals surface area contributed by atoms with Gasteiger partial charge in [0.25, 0.3) is 0 Å². The van der Waals surface area contributed by atoms with Gasteiger partial charge >= 0.3 is 0 Å². The topological polar surface area (TPSA) is 56.7 Å². The van der Waals surface area contributed by atoms with Gasteiger partial charge < -0.3 is 10.3 Å². The Balaban J connectivity index is 2.63. The lowest BCUT2D eigenvalue weighted by Gasteiger charge is -2.10. The number of nitrogens with zero attached hydrogens (tertiary/aromatic N) is 3. The van der Waals surface area contributed by atoms with Crippen LogP contribution in [-0.2, 0) is 0 Å². The Morgan fingerprint density at radius 2 is 2.06 bits per heavy atom. The zero-order chi connectivity index (χ0) is 11.9. The summed E-state index contributed by atoms with van der Waals surface area (Å²) in [5, 5.41) is 8.98. The number of hydrogen-bond acceptors (Lipinski definition) is 4. The average molecular weight is 236 g/mol. The van der Waals surface area contributed by atoms with E-state index in [-0.39, 0.29) is 0 Å². The normalized spacial score (nSPS) is 11.3. The number of rotatable bonds is 2. The van der Waals surface area contributed by atoms with Crippen LogP contribution in [0.15, 0.2) is 6.33 Å². The molecule has 0 aliphatic heterocycles. The van der Waals surface area contributed by atoms with Gasteiger partial charge in [-0.05, 0) is 33.3 Å². The first-order valence-electron chi connectivity index (χ1n) is 5.27. The predicted octanol–water partition coefficient (Wildman–Crippen LogP) is 2.79. The lowest BCUT2D eigenvalue weighted by atomic mass is 10.1. The lowest BCUT2D eigenvalue weighted by molar-refractivity contribution is 0.604. The quantitative estimate of drug-likeness (QED) is 0.872. The molecule has 0 bridgehead atoms. The fraction of sp³-hybridized carbons (Fsp3) is 0.455. The van der Waals surface area contributed by atoms with Crippen molar-refractivity contribution in [2.75, 3.05) is 5.73 Å². The van der Waals surface area contributed by atoms with Crippen LogP contribution in [0.5, 0.6) is 0 Å². The van der Waals surface area contributed by atoms with E-state index in [0.717, 1.165) is 16.4 Å². The molecule has 0 amide bonds. The zero-order valence-corrected chi connectivity index (χ0v) is 10.8. The van der Waals surface area contributed by atoms with Gasteiger partial charge in [-0.3, -0.25) is 0 Å². The third kappa shape index (κ3) is 1.61. The molecule has 0 spiro atoms. The Kier molecular flexibility index (Phi) is 2.71. The van der Waals surface area contributed by atoms with Gasteiger partial charge in [-0.25, -0.2) is 0 Å². The fourth-order valence-corrected chi connectivity index (χ4v) is 2.66. The zero-order valence-electron chi connectivity index (χ0n) is 9.98. The van der Waals surface area contributed by atoms with E-state index in [1.165, 1.54) is 10.4 Å². The standard InChI is InChI=1S/C11H16N4S/c1-6(2)15-5-13-14-11(15)9-7(3)8(4)16-10(9)12/h5-6H,12H2,1-4H3. The maximum Gasteiger partial charge on any atom is 0.167 e. The lowest BCUT2D eigenvalue weighted by Crippen LogP contribution is -2.03. The highest BCUT2D eigenvalue weighted by atomic mass is 32.1. The van der Waals surface area contributed by atoms with Gasteiger partial charge in [-0.1, -0.05) is 0 Å². The van der Waals surface area contributed by atoms with Crippen LogP contribution in [0, 0.1) is 13.8 Å². The number of aryl methyl sites for hydroxylation is 1. The SMILES string of the molecule is Cc1sc(N)c(-c2nncn2C(C)C)c1C. The largest absolute Gasteiger partial charge is 0.390 e. The van der Waals surface area contributed by atoms with E-state index in [1.54, 1.807) is 17.7 Å². The van der Waals surface area contributed by atoms with E-state index in [4.69, 9.17) is 5.73 Å². The molecule has 0 aliphatic carbocycles. The molecule has 0 saturated carbocycles. The summed E-state index contributed by atoms with van der Waals surface area (Å²) in [7, 11) is 0. The minimum atomic E-state index is 0.337. The smallest absolute Gasteiger partial charge is 0.167 e. The molecule has 2 heterocycles. The maximum absolute atomic E-state index is 6.04. The number of hydrogen-bond donors (Lipinski definition) is 1. The van der Waals surface area contributed by atoms with Crippen molar-refractivity contribution in [1.82, 2.24) is 14.8 Å². The van der Waals surface area contributed by atoms with Gasteiger partial charge in [-0.15, -0.1) is 21.5 Å². The molecule has 4 nitrogen and oxygen atoms in total. The average Bonchev–Trinajstić information content (AvgIpc) is 2.73. The summed E-state index contributed by atoms with van der Waals surface area (Å²) in [6.07, 6.45) is 1.76. The second-order valence-electron chi connectivity index (χ2n) is 4.18. The molecular formula is C11H16N4S. The molecule has 0 radical (unpaired) electrons. The summed E-state index contributed by atoms with van der Waals surface area (Å²) in [4.78, 5) is 1.24. The third-order valence-corrected chi connectivity index (χ3v) is 3.80. The van der Waals surface area contributed by atoms with E-state index in [2.05, 4.69) is 37.9 Å². The van der Waals surface area contributed by atoms with Crippen LogP contribution in [0.25, 0.3) is 11.4 Å². The molecule has 0 unspecified atom stereocenters. The van der Waals surface area contributed by atoms with Crippen LogP contribution in [0.4, 0.5) is 5.00 Å². The van der Waals surface area contributed by atoms with Crippen LogP contribution in [-0.4, -0.2) is 14.8 Å². The number of thiophene rings is 1. The second-order valence-corrected chi connectivity index (χ2v) is 5.43. The van der Waals surface area contributed by atoms with E-state index < -0.39 is 0 Å². The van der Waals surface area contributed by atoms with Gasteiger partial charge in [-0.2, -0.15) is 0 Å². The van der Waals surface area contributed by atoms with E-state index in [0.29, 0.717) is 6.04 Å². The van der Waals surface area contributed by atoms with Crippen LogP contribution in [0.2, 0.25) is 0 Å². The minimum absolute atomic E-state index is 0.337. The molecular weight excluding hydrogens is 220 g/mol. The summed E-state index contributed by atoms with van der Waals surface area (Å²) >= 11 is 1.61. The Morgan fingerprint density at radius 1 is 1.38 bits per heavy atom. The van der Waals surface area contributed by atoms with Crippen molar-refractivity contribution < 1.29 is 0 Å². The monoisotopic (exact) mass is 236 g/mol. The Hall–Kier alpha value is -1.36. The van der Waals surface area contributed by atoms with Crippen LogP contribution in [0.3, 0.4) is 0 Å². The van der Waals surface area contributed by atoms with Crippen molar-refractivity contribution in [3.05, 3.63) is 16.8 Å². The third-order valence-electron chi connectivity index (χ3n) is 2.77. The molecule has 0 saturated heterocycles. The van der Waals surface area contributed by atoms with Crippen LogP contribution >= 0.6 is 11.3 Å². The highest BCUT2D eigenvalue weighted by Crippen LogP contribution is 2.37. The highest BCUT2D eigenvalue weighted by molar-refractivity contribution is 7.16. The van der Waals surface area contributed by atoms with E-state index in [9.17, 15) is 0 Å². The summed E-state index contributed by atoms with van der Waals surface area (Å²) in [5.74, 6) is 0.870. The predicted molar refractivity (Wildman–Crippen MR) is 67.6 cm³/mol. The number of nitrogens with two attached hydrogens (primary N) is 1. The van der Waals surface area contributed by atoms with E-state index in [1.807, 2.05) is 4.57 Å². The molecule has 0 atom stereocenters. The molecule has 0 aliphatic rings. The fourth-order valence-electron chi connectivity index (χ4n) is 1.73. The molecule has 2 aromatic rings. The Labute approximate surface area is 99.1 Å². The number of nitrogen functional groups attached to an aromatic ring is 1. The van der Waals surface area contributed by atoms with Crippen LogP contribution < -0.4 is 5.73 Å². The van der Waals surface area contributed by atoms with Crippen molar-refractivity contribution in [3.8, 4) is 11.4 Å². The van der Waals surface area contributed by atoms with Gasteiger partial charge in [0.2, 0.25) is 0 Å². The molecule has 16 heavy (non-hydrogen) atoms. The highest BCUT2D eigenvalue weighted by Gasteiger charge is 2.18. The van der Waals surface area contributed by atoms with Crippen LogP contribution in [0.1, 0.15) is 30.3 Å². The first-order chi connectivity index (χ1) is 7.52. The second kappa shape index (κ2) is 3.90. The summed E-state index contributed by atoms with van der Waals surface area (Å²) < 4.78 is 2.05. The summed E-state index contributed by atoms with van der Waals surface area (Å²) in [5.41, 5.74) is 8.28. The van der Waals surface area contributed by atoms with Crippen molar-refractivity contribution in [3.63, 3.8) is 0 Å². The van der Waals surface area contributed by atoms with Crippen molar-refractivity contribution in [1.29, 1.82) is 0 Å². The van der Waals surface area contributed by atoms with Gasteiger partial charge in [0.15, 0.2) is 5.82 Å². The molecule has 0 aromatic carbocycles. The molecule has 0 fully saturated rings.